The Bertz CT molecular complexity index is 1470. The van der Waals surface area contributed by atoms with E-state index in [2.05, 4.69) is 21.2 Å². The number of halogens is 4. The van der Waals surface area contributed by atoms with Gasteiger partial charge >= 0.3 is 11.4 Å². The lowest BCUT2D eigenvalue weighted by Gasteiger charge is -2.13. The minimum absolute atomic E-state index is 0.0347. The molecule has 170 valence electrons. The van der Waals surface area contributed by atoms with Crippen molar-refractivity contribution in [1.82, 2.24) is 19.4 Å². The molecule has 0 amide bonds. The van der Waals surface area contributed by atoms with Gasteiger partial charge in [-0.2, -0.15) is 0 Å². The average Bonchev–Trinajstić information content (AvgIpc) is 2.75. The number of allylic oxidation sites excluding steroid dienone is 4. The maximum Gasteiger partial charge on any atom is 0.336 e. The number of benzene rings is 1. The third-order valence-electron chi connectivity index (χ3n) is 4.49. The SMILES string of the molecule is C#CCn1c(=O)[nH]/c(=N\C2=CC(=C/NC)/C(=N)C=C2Cl)n(Cc2cc(F)c(F)cc2F)c1=O. The molecule has 1 aliphatic rings. The van der Waals surface area contributed by atoms with Crippen LogP contribution in [0.15, 0.2) is 61.4 Å². The monoisotopic (exact) mass is 476 g/mol. The minimum Gasteiger partial charge on any atom is -0.393 e. The minimum atomic E-state index is -1.40. The molecule has 0 fully saturated rings. The zero-order chi connectivity index (χ0) is 24.3. The summed E-state index contributed by atoms with van der Waals surface area (Å²) in [6.45, 7) is -1.00. The first kappa shape index (κ1) is 23.6. The van der Waals surface area contributed by atoms with E-state index >= 15 is 0 Å². The molecule has 33 heavy (non-hydrogen) atoms. The van der Waals surface area contributed by atoms with E-state index in [4.69, 9.17) is 23.4 Å². The number of hydrogen-bond acceptors (Lipinski definition) is 5. The van der Waals surface area contributed by atoms with Crippen LogP contribution in [-0.4, -0.2) is 26.9 Å². The van der Waals surface area contributed by atoms with Crippen molar-refractivity contribution in [2.45, 2.75) is 13.1 Å². The summed E-state index contributed by atoms with van der Waals surface area (Å²) in [5.74, 6) is -1.67. The van der Waals surface area contributed by atoms with Crippen molar-refractivity contribution in [2.75, 3.05) is 7.05 Å². The van der Waals surface area contributed by atoms with E-state index < -0.39 is 41.9 Å². The van der Waals surface area contributed by atoms with Gasteiger partial charge in [-0.15, -0.1) is 6.42 Å². The van der Waals surface area contributed by atoms with Gasteiger partial charge in [0, 0.05) is 30.5 Å². The number of hydrogen-bond donors (Lipinski definition) is 3. The highest BCUT2D eigenvalue weighted by Gasteiger charge is 2.17. The Morgan fingerprint density at radius 2 is 1.91 bits per heavy atom. The number of H-pyrrole nitrogens is 1. The first-order chi connectivity index (χ1) is 15.7. The van der Waals surface area contributed by atoms with E-state index in [1.165, 1.54) is 18.4 Å². The average molecular weight is 477 g/mol. The lowest BCUT2D eigenvalue weighted by molar-refractivity contribution is 0.483. The molecule has 1 aromatic heterocycles. The van der Waals surface area contributed by atoms with Gasteiger partial charge in [-0.1, -0.05) is 17.5 Å². The molecule has 1 heterocycles. The number of aromatic amines is 1. The van der Waals surface area contributed by atoms with Crippen LogP contribution in [0, 0.1) is 35.2 Å². The van der Waals surface area contributed by atoms with Gasteiger partial charge in [0.05, 0.1) is 29.5 Å². The van der Waals surface area contributed by atoms with Crippen LogP contribution >= 0.6 is 11.6 Å². The normalized spacial score (nSPS) is 15.3. The number of aromatic nitrogens is 3. The Labute approximate surface area is 189 Å². The molecule has 12 heteroatoms. The maximum absolute atomic E-state index is 14.3. The van der Waals surface area contributed by atoms with Crippen molar-refractivity contribution < 1.29 is 13.2 Å². The zero-order valence-corrected chi connectivity index (χ0v) is 17.8. The molecular weight excluding hydrogens is 461 g/mol. The van der Waals surface area contributed by atoms with Crippen molar-refractivity contribution in [3.8, 4) is 12.3 Å². The highest BCUT2D eigenvalue weighted by atomic mass is 35.5. The predicted molar refractivity (Wildman–Crippen MR) is 116 cm³/mol. The predicted octanol–water partition coefficient (Wildman–Crippen LogP) is 1.48. The van der Waals surface area contributed by atoms with Gasteiger partial charge < -0.3 is 10.7 Å². The number of rotatable bonds is 5. The Morgan fingerprint density at radius 3 is 2.58 bits per heavy atom. The standard InChI is InChI=1S/C21H16ClF3N6O2/c1-3-4-30-20(32)29-19(28-18-6-11(9-27-2)17(26)7-13(18)22)31(21(30)33)10-12-5-15(24)16(25)8-14(12)23/h1,5-9,26-27H,4,10H2,2H3,(H,28,29,32)/b11-9-,26-17?. The molecule has 0 atom stereocenters. The van der Waals surface area contributed by atoms with Crippen molar-refractivity contribution in [3.63, 3.8) is 0 Å². The summed E-state index contributed by atoms with van der Waals surface area (Å²) in [6.07, 6.45) is 9.45. The molecule has 8 nitrogen and oxygen atoms in total. The third kappa shape index (κ3) is 4.91. The lowest BCUT2D eigenvalue weighted by Crippen LogP contribution is -2.50. The van der Waals surface area contributed by atoms with Crippen molar-refractivity contribution in [2.24, 2.45) is 4.99 Å². The molecule has 3 N–H and O–H groups in total. The number of nitrogens with one attached hydrogen (secondary N) is 3. The van der Waals surface area contributed by atoms with Crippen molar-refractivity contribution in [3.05, 3.63) is 96.4 Å². The largest absolute Gasteiger partial charge is 0.393 e. The smallest absolute Gasteiger partial charge is 0.336 e. The molecule has 1 aromatic carbocycles. The van der Waals surface area contributed by atoms with Crippen LogP contribution in [0.1, 0.15) is 5.56 Å². The van der Waals surface area contributed by atoms with Gasteiger partial charge in [0.1, 0.15) is 5.82 Å². The highest BCUT2D eigenvalue weighted by molar-refractivity contribution is 6.35. The topological polar surface area (TPSA) is 108 Å². The summed E-state index contributed by atoms with van der Waals surface area (Å²) in [7, 11) is 1.62. The summed E-state index contributed by atoms with van der Waals surface area (Å²) >= 11 is 6.18. The molecular formula is C21H16ClF3N6O2. The summed E-state index contributed by atoms with van der Waals surface area (Å²) in [5, 5.41) is 10.7. The van der Waals surface area contributed by atoms with Crippen LogP contribution in [0.3, 0.4) is 0 Å². The van der Waals surface area contributed by atoms with E-state index in [9.17, 15) is 22.8 Å². The molecule has 0 bridgehead atoms. The summed E-state index contributed by atoms with van der Waals surface area (Å²) in [5.41, 5.74) is -2.01. The van der Waals surface area contributed by atoms with Crippen LogP contribution in [0.4, 0.5) is 13.2 Å². The highest BCUT2D eigenvalue weighted by Crippen LogP contribution is 2.23. The fourth-order valence-electron chi connectivity index (χ4n) is 2.92. The molecule has 0 radical (unpaired) electrons. The van der Waals surface area contributed by atoms with Crippen LogP contribution in [0.25, 0.3) is 0 Å². The van der Waals surface area contributed by atoms with Gasteiger partial charge in [0.25, 0.3) is 0 Å². The summed E-state index contributed by atoms with van der Waals surface area (Å²) in [4.78, 5) is 31.9. The molecule has 0 unspecified atom stereocenters. The zero-order valence-electron chi connectivity index (χ0n) is 17.0. The molecule has 3 rings (SSSR count). The van der Waals surface area contributed by atoms with Crippen molar-refractivity contribution in [1.29, 1.82) is 5.41 Å². The van der Waals surface area contributed by atoms with E-state index in [1.807, 2.05) is 0 Å². The second-order valence-electron chi connectivity index (χ2n) is 6.71. The van der Waals surface area contributed by atoms with E-state index in [0.717, 1.165) is 4.57 Å². The lowest BCUT2D eigenvalue weighted by atomic mass is 10.0. The fourth-order valence-corrected chi connectivity index (χ4v) is 3.13. The first-order valence-corrected chi connectivity index (χ1v) is 9.65. The maximum atomic E-state index is 14.3. The quantitative estimate of drug-likeness (QED) is 0.449. The molecule has 0 spiro atoms. The van der Waals surface area contributed by atoms with E-state index in [0.29, 0.717) is 22.3 Å². The van der Waals surface area contributed by atoms with Gasteiger partial charge in [-0.3, -0.25) is 9.55 Å². The van der Waals surface area contributed by atoms with E-state index in [1.54, 1.807) is 7.05 Å². The van der Waals surface area contributed by atoms with E-state index in [-0.39, 0.29) is 27.6 Å². The molecule has 0 aliphatic heterocycles. The Balaban J connectivity index is 2.28. The molecule has 1 aliphatic carbocycles. The Morgan fingerprint density at radius 1 is 1.21 bits per heavy atom. The second-order valence-corrected chi connectivity index (χ2v) is 7.11. The van der Waals surface area contributed by atoms with Gasteiger partial charge in [-0.05, 0) is 18.2 Å². The number of nitrogens with zero attached hydrogens (tertiary/aromatic N) is 3. The third-order valence-corrected chi connectivity index (χ3v) is 4.80. The summed E-state index contributed by atoms with van der Waals surface area (Å²) < 4.78 is 42.8. The number of terminal acetylenes is 1. The van der Waals surface area contributed by atoms with Crippen LogP contribution in [0.5, 0.6) is 0 Å². The van der Waals surface area contributed by atoms with Crippen molar-refractivity contribution >= 4 is 17.3 Å². The second kappa shape index (κ2) is 9.62. The first-order valence-electron chi connectivity index (χ1n) is 9.27. The molecule has 0 saturated heterocycles. The van der Waals surface area contributed by atoms with Crippen LogP contribution < -0.4 is 22.3 Å². The fraction of sp³-hybridized carbons (Fsp3) is 0.143. The Hall–Kier alpha value is -4.04. The van der Waals surface area contributed by atoms with Crippen LogP contribution in [0.2, 0.25) is 0 Å². The molecule has 0 saturated carbocycles. The van der Waals surface area contributed by atoms with Gasteiger partial charge in [0.2, 0.25) is 5.62 Å². The van der Waals surface area contributed by atoms with Crippen LogP contribution in [-0.2, 0) is 13.1 Å². The Kier molecular flexibility index (Phi) is 6.89. The molecule has 2 aromatic rings. The van der Waals surface area contributed by atoms with Gasteiger partial charge in [-0.25, -0.2) is 32.3 Å². The van der Waals surface area contributed by atoms with Gasteiger partial charge in [0.15, 0.2) is 11.6 Å². The summed E-state index contributed by atoms with van der Waals surface area (Å²) in [6, 6.07) is 0.941.